The van der Waals surface area contributed by atoms with Crippen molar-refractivity contribution in [3.05, 3.63) is 48.0 Å². The van der Waals surface area contributed by atoms with Crippen LogP contribution < -0.4 is 10.6 Å². The summed E-state index contributed by atoms with van der Waals surface area (Å²) in [6.45, 7) is 0. The molecule has 0 unspecified atom stereocenters. The van der Waals surface area contributed by atoms with E-state index in [9.17, 15) is 9.59 Å². The molecular formula is C19H22N2O3. The lowest BCUT2D eigenvalue weighted by atomic mass is 9.92. The van der Waals surface area contributed by atoms with E-state index >= 15 is 0 Å². The van der Waals surface area contributed by atoms with E-state index in [-0.39, 0.29) is 18.1 Å². The molecule has 0 aliphatic heterocycles. The number of rotatable bonds is 3. The zero-order valence-electron chi connectivity index (χ0n) is 13.7. The van der Waals surface area contributed by atoms with Crippen LogP contribution in [-0.2, 0) is 4.74 Å². The Morgan fingerprint density at radius 1 is 1.00 bits per heavy atom. The molecule has 5 nitrogen and oxygen atoms in total. The lowest BCUT2D eigenvalue weighted by Gasteiger charge is -2.28. The maximum atomic E-state index is 12.6. The number of carbonyl (C=O) groups is 2. The maximum Gasteiger partial charge on any atom is 0.407 e. The van der Waals surface area contributed by atoms with E-state index in [1.807, 2.05) is 42.5 Å². The molecule has 0 atom stereocenters. The van der Waals surface area contributed by atoms with Crippen LogP contribution in [0.4, 0.5) is 4.79 Å². The highest BCUT2D eigenvalue weighted by Crippen LogP contribution is 2.23. The van der Waals surface area contributed by atoms with Crippen molar-refractivity contribution >= 4 is 22.8 Å². The molecule has 2 amide bonds. The van der Waals surface area contributed by atoms with Crippen molar-refractivity contribution in [2.75, 3.05) is 7.05 Å². The average molecular weight is 326 g/mol. The number of nitrogens with one attached hydrogen (secondary N) is 2. The monoisotopic (exact) mass is 326 g/mol. The Kier molecular flexibility index (Phi) is 4.99. The van der Waals surface area contributed by atoms with Gasteiger partial charge in [-0.3, -0.25) is 4.79 Å². The van der Waals surface area contributed by atoms with E-state index in [1.54, 1.807) is 7.05 Å². The van der Waals surface area contributed by atoms with E-state index in [4.69, 9.17) is 4.74 Å². The first-order valence-electron chi connectivity index (χ1n) is 8.34. The minimum Gasteiger partial charge on any atom is -0.446 e. The van der Waals surface area contributed by atoms with Crippen LogP contribution in [0.3, 0.4) is 0 Å². The predicted molar refractivity (Wildman–Crippen MR) is 93.0 cm³/mol. The second-order valence-corrected chi connectivity index (χ2v) is 6.13. The Labute approximate surface area is 141 Å². The molecule has 0 saturated heterocycles. The first-order chi connectivity index (χ1) is 11.7. The first-order valence-corrected chi connectivity index (χ1v) is 8.34. The van der Waals surface area contributed by atoms with E-state index < -0.39 is 6.09 Å². The summed E-state index contributed by atoms with van der Waals surface area (Å²) < 4.78 is 5.27. The molecule has 5 heteroatoms. The van der Waals surface area contributed by atoms with Gasteiger partial charge in [-0.1, -0.05) is 36.4 Å². The Morgan fingerprint density at radius 2 is 1.71 bits per heavy atom. The number of alkyl carbamates (subject to hydrolysis) is 1. The summed E-state index contributed by atoms with van der Waals surface area (Å²) in [5.41, 5.74) is 0.705. The highest BCUT2D eigenvalue weighted by Gasteiger charge is 2.25. The van der Waals surface area contributed by atoms with E-state index in [0.717, 1.165) is 36.5 Å². The standard InChI is InChI=1S/C19H22N2O3/c1-20-19(23)24-15-11-9-14(10-12-15)21-18(22)17-8-4-6-13-5-2-3-7-16(13)17/h2-8,14-15H,9-12H2,1H3,(H,20,23)(H,21,22). The van der Waals surface area contributed by atoms with Crippen LogP contribution in [-0.4, -0.2) is 31.2 Å². The van der Waals surface area contributed by atoms with Gasteiger partial charge in [0, 0.05) is 18.7 Å². The van der Waals surface area contributed by atoms with Gasteiger partial charge >= 0.3 is 6.09 Å². The molecule has 1 aliphatic rings. The number of benzene rings is 2. The van der Waals surface area contributed by atoms with Crippen molar-refractivity contribution in [3.8, 4) is 0 Å². The van der Waals surface area contributed by atoms with Crippen LogP contribution in [0, 0.1) is 0 Å². The molecule has 0 spiro atoms. The lowest BCUT2D eigenvalue weighted by Crippen LogP contribution is -2.40. The summed E-state index contributed by atoms with van der Waals surface area (Å²) in [7, 11) is 1.55. The molecule has 0 radical (unpaired) electrons. The fourth-order valence-corrected chi connectivity index (χ4v) is 3.22. The molecular weight excluding hydrogens is 304 g/mol. The van der Waals surface area contributed by atoms with Crippen molar-refractivity contribution < 1.29 is 14.3 Å². The number of fused-ring (bicyclic) bond motifs is 1. The van der Waals surface area contributed by atoms with Gasteiger partial charge < -0.3 is 15.4 Å². The predicted octanol–water partition coefficient (Wildman–Crippen LogP) is 3.24. The third-order valence-electron chi connectivity index (χ3n) is 4.52. The Hall–Kier alpha value is -2.56. The normalized spacial score (nSPS) is 20.4. The minimum atomic E-state index is -0.391. The molecule has 0 bridgehead atoms. The van der Waals surface area contributed by atoms with Crippen molar-refractivity contribution in [1.29, 1.82) is 0 Å². The minimum absolute atomic E-state index is 0.0394. The Morgan fingerprint density at radius 3 is 2.46 bits per heavy atom. The van der Waals surface area contributed by atoms with Crippen molar-refractivity contribution in [1.82, 2.24) is 10.6 Å². The van der Waals surface area contributed by atoms with Gasteiger partial charge in [0.1, 0.15) is 6.10 Å². The summed E-state index contributed by atoms with van der Waals surface area (Å²) in [6, 6.07) is 13.8. The van der Waals surface area contributed by atoms with Gasteiger partial charge in [-0.05, 0) is 42.5 Å². The van der Waals surface area contributed by atoms with Crippen LogP contribution in [0.5, 0.6) is 0 Å². The van der Waals surface area contributed by atoms with E-state index in [0.29, 0.717) is 5.56 Å². The average Bonchev–Trinajstić information content (AvgIpc) is 2.62. The highest BCUT2D eigenvalue weighted by molar-refractivity contribution is 6.07. The van der Waals surface area contributed by atoms with Gasteiger partial charge in [-0.15, -0.1) is 0 Å². The van der Waals surface area contributed by atoms with Crippen LogP contribution in [0.25, 0.3) is 10.8 Å². The Balaban J connectivity index is 1.61. The number of amides is 2. The van der Waals surface area contributed by atoms with Gasteiger partial charge in [-0.2, -0.15) is 0 Å². The third kappa shape index (κ3) is 3.67. The Bertz CT molecular complexity index is 731. The molecule has 1 fully saturated rings. The molecule has 0 heterocycles. The van der Waals surface area contributed by atoms with Crippen LogP contribution in [0.1, 0.15) is 36.0 Å². The summed E-state index contributed by atoms with van der Waals surface area (Å²) in [6.07, 6.45) is 2.73. The van der Waals surface area contributed by atoms with Gasteiger partial charge in [-0.25, -0.2) is 4.79 Å². The topological polar surface area (TPSA) is 67.4 Å². The van der Waals surface area contributed by atoms with Gasteiger partial charge in [0.05, 0.1) is 0 Å². The highest BCUT2D eigenvalue weighted by atomic mass is 16.6. The zero-order chi connectivity index (χ0) is 16.9. The van der Waals surface area contributed by atoms with E-state index in [2.05, 4.69) is 10.6 Å². The van der Waals surface area contributed by atoms with Gasteiger partial charge in [0.2, 0.25) is 0 Å². The van der Waals surface area contributed by atoms with Gasteiger partial charge in [0.15, 0.2) is 0 Å². The summed E-state index contributed by atoms with van der Waals surface area (Å²) in [4.78, 5) is 23.9. The molecule has 2 aromatic carbocycles. The molecule has 3 rings (SSSR count). The molecule has 2 N–H and O–H groups in total. The number of carbonyl (C=O) groups excluding carboxylic acids is 2. The third-order valence-corrected chi connectivity index (χ3v) is 4.52. The quantitative estimate of drug-likeness (QED) is 0.910. The van der Waals surface area contributed by atoms with Crippen LogP contribution >= 0.6 is 0 Å². The van der Waals surface area contributed by atoms with E-state index in [1.165, 1.54) is 0 Å². The van der Waals surface area contributed by atoms with Crippen molar-refractivity contribution in [2.45, 2.75) is 37.8 Å². The summed E-state index contributed by atoms with van der Waals surface area (Å²) in [5, 5.41) is 7.61. The SMILES string of the molecule is CNC(=O)OC1CCC(NC(=O)c2cccc3ccccc23)CC1. The van der Waals surface area contributed by atoms with Crippen LogP contribution in [0.15, 0.2) is 42.5 Å². The summed E-state index contributed by atoms with van der Waals surface area (Å²) >= 11 is 0. The number of hydrogen-bond acceptors (Lipinski definition) is 3. The second kappa shape index (κ2) is 7.34. The lowest BCUT2D eigenvalue weighted by molar-refractivity contribution is 0.0668. The number of hydrogen-bond donors (Lipinski definition) is 2. The molecule has 2 aromatic rings. The van der Waals surface area contributed by atoms with Crippen LogP contribution in [0.2, 0.25) is 0 Å². The fraction of sp³-hybridized carbons (Fsp3) is 0.368. The van der Waals surface area contributed by atoms with Gasteiger partial charge in [0.25, 0.3) is 5.91 Å². The largest absolute Gasteiger partial charge is 0.446 e. The smallest absolute Gasteiger partial charge is 0.407 e. The van der Waals surface area contributed by atoms with Crippen molar-refractivity contribution in [2.24, 2.45) is 0 Å². The second-order valence-electron chi connectivity index (χ2n) is 6.13. The summed E-state index contributed by atoms with van der Waals surface area (Å²) in [5.74, 6) is -0.0394. The molecule has 126 valence electrons. The molecule has 1 aliphatic carbocycles. The van der Waals surface area contributed by atoms with Crippen molar-refractivity contribution in [3.63, 3.8) is 0 Å². The number of ether oxygens (including phenoxy) is 1. The molecule has 24 heavy (non-hydrogen) atoms. The fourth-order valence-electron chi connectivity index (χ4n) is 3.22. The first kappa shape index (κ1) is 16.3. The maximum absolute atomic E-state index is 12.6. The molecule has 1 saturated carbocycles. The zero-order valence-corrected chi connectivity index (χ0v) is 13.7. The molecule has 0 aromatic heterocycles.